The molecule has 2 aliphatic rings. The summed E-state index contributed by atoms with van der Waals surface area (Å²) in [5.74, 6) is -0.0941. The van der Waals surface area contributed by atoms with Crippen LogP contribution in [0, 0.1) is 6.92 Å². The normalized spacial score (nSPS) is 17.0. The summed E-state index contributed by atoms with van der Waals surface area (Å²) in [5.41, 5.74) is 3.78. The van der Waals surface area contributed by atoms with Crippen molar-refractivity contribution in [1.82, 2.24) is 19.8 Å². The number of hydrogen-bond donors (Lipinski definition) is 1. The van der Waals surface area contributed by atoms with Crippen LogP contribution in [0.2, 0.25) is 0 Å². The zero-order valence-corrected chi connectivity index (χ0v) is 19.5. The summed E-state index contributed by atoms with van der Waals surface area (Å²) in [6, 6.07) is 12.3. The zero-order chi connectivity index (χ0) is 23.1. The maximum absolute atomic E-state index is 13.5. The molecular formula is C26H31N5O2. The van der Waals surface area contributed by atoms with Gasteiger partial charge in [0.15, 0.2) is 0 Å². The quantitative estimate of drug-likeness (QED) is 0.654. The predicted molar refractivity (Wildman–Crippen MR) is 131 cm³/mol. The largest absolute Gasteiger partial charge is 0.369 e. The van der Waals surface area contributed by atoms with Crippen LogP contribution in [0.5, 0.6) is 0 Å². The van der Waals surface area contributed by atoms with E-state index in [1.54, 1.807) is 17.0 Å². The Labute approximate surface area is 194 Å². The van der Waals surface area contributed by atoms with Crippen LogP contribution in [0.3, 0.4) is 0 Å². The van der Waals surface area contributed by atoms with E-state index >= 15 is 0 Å². The number of carbonyl (C=O) groups excluding carboxylic acids is 1. The molecule has 1 aromatic heterocycles. The number of rotatable bonds is 5. The standard InChI is InChI=1S/C26H31N5O2/c1-17(2)29-10-12-30(13-11-29)21-8-9-23-22(15-21)26(33)31(16-27-23)24-14-19(5-4-18(24)3)25(32)28-20-6-7-20/h4-5,8-9,14-17,20H,6-7,10-13H2,1-3H3,(H,28,32). The molecular weight excluding hydrogens is 414 g/mol. The molecule has 1 N–H and O–H groups in total. The van der Waals surface area contributed by atoms with Gasteiger partial charge in [-0.3, -0.25) is 19.1 Å². The predicted octanol–water partition coefficient (Wildman–Crippen LogP) is 3.12. The molecule has 7 nitrogen and oxygen atoms in total. The molecule has 7 heteroatoms. The Morgan fingerprint density at radius 2 is 1.82 bits per heavy atom. The molecule has 2 heterocycles. The van der Waals surface area contributed by atoms with Gasteiger partial charge in [-0.05, 0) is 69.5 Å². The first kappa shape index (κ1) is 21.6. The fraction of sp³-hybridized carbons (Fsp3) is 0.423. The van der Waals surface area contributed by atoms with E-state index in [0.717, 1.165) is 50.3 Å². The van der Waals surface area contributed by atoms with Crippen molar-refractivity contribution in [1.29, 1.82) is 0 Å². The number of piperazine rings is 1. The first-order chi connectivity index (χ1) is 15.9. The van der Waals surface area contributed by atoms with Gasteiger partial charge in [-0.1, -0.05) is 6.07 Å². The molecule has 3 aromatic rings. The topological polar surface area (TPSA) is 70.5 Å². The fourth-order valence-corrected chi connectivity index (χ4v) is 4.48. The number of nitrogens with zero attached hydrogens (tertiary/aromatic N) is 4. The maximum atomic E-state index is 13.5. The van der Waals surface area contributed by atoms with E-state index in [1.807, 2.05) is 31.2 Å². The monoisotopic (exact) mass is 445 g/mol. The van der Waals surface area contributed by atoms with Gasteiger partial charge in [-0.15, -0.1) is 0 Å². The van der Waals surface area contributed by atoms with Crippen molar-refractivity contribution in [3.8, 4) is 5.69 Å². The summed E-state index contributed by atoms with van der Waals surface area (Å²) in [6.07, 6.45) is 3.64. The second-order valence-corrected chi connectivity index (χ2v) is 9.49. The van der Waals surface area contributed by atoms with E-state index in [9.17, 15) is 9.59 Å². The maximum Gasteiger partial charge on any atom is 0.265 e. The van der Waals surface area contributed by atoms with Crippen LogP contribution >= 0.6 is 0 Å². The molecule has 1 amide bonds. The van der Waals surface area contributed by atoms with Gasteiger partial charge in [0.1, 0.15) is 6.33 Å². The van der Waals surface area contributed by atoms with Crippen LogP contribution in [0.25, 0.3) is 16.6 Å². The Hall–Kier alpha value is -3.19. The average molecular weight is 446 g/mol. The van der Waals surface area contributed by atoms with Crippen molar-refractivity contribution < 1.29 is 4.79 Å². The first-order valence-corrected chi connectivity index (χ1v) is 11.8. The second kappa shape index (κ2) is 8.63. The molecule has 0 spiro atoms. The molecule has 1 aliphatic carbocycles. The number of fused-ring (bicyclic) bond motifs is 1. The highest BCUT2D eigenvalue weighted by Gasteiger charge is 2.24. The third-order valence-electron chi connectivity index (χ3n) is 6.79. The molecule has 33 heavy (non-hydrogen) atoms. The highest BCUT2D eigenvalue weighted by molar-refractivity contribution is 5.95. The average Bonchev–Trinajstić information content (AvgIpc) is 3.64. The van der Waals surface area contributed by atoms with Gasteiger partial charge < -0.3 is 10.2 Å². The number of nitrogens with one attached hydrogen (secondary N) is 1. The molecule has 0 radical (unpaired) electrons. The number of amides is 1. The second-order valence-electron chi connectivity index (χ2n) is 9.49. The summed E-state index contributed by atoms with van der Waals surface area (Å²) in [6.45, 7) is 10.3. The number of carbonyl (C=O) groups is 1. The molecule has 2 fully saturated rings. The molecule has 0 unspecified atom stereocenters. The van der Waals surface area contributed by atoms with Gasteiger partial charge in [0, 0.05) is 49.5 Å². The number of benzene rings is 2. The first-order valence-electron chi connectivity index (χ1n) is 11.8. The van der Waals surface area contributed by atoms with Crippen LogP contribution in [0.1, 0.15) is 42.6 Å². The van der Waals surface area contributed by atoms with Crippen molar-refractivity contribution in [2.45, 2.75) is 45.7 Å². The summed E-state index contributed by atoms with van der Waals surface area (Å²) in [5, 5.41) is 3.61. The molecule has 1 saturated heterocycles. The minimum atomic E-state index is -0.120. The molecule has 2 aromatic carbocycles. The van der Waals surface area contributed by atoms with Gasteiger partial charge in [0.05, 0.1) is 16.6 Å². The summed E-state index contributed by atoms with van der Waals surface area (Å²) < 4.78 is 1.56. The Balaban J connectivity index is 1.48. The Morgan fingerprint density at radius 3 is 2.52 bits per heavy atom. The minimum absolute atomic E-state index is 0.0941. The molecule has 5 rings (SSSR count). The van der Waals surface area contributed by atoms with E-state index in [0.29, 0.717) is 28.2 Å². The Kier molecular flexibility index (Phi) is 5.66. The third-order valence-corrected chi connectivity index (χ3v) is 6.79. The van der Waals surface area contributed by atoms with Gasteiger partial charge in [-0.25, -0.2) is 4.98 Å². The smallest absolute Gasteiger partial charge is 0.265 e. The summed E-state index contributed by atoms with van der Waals surface area (Å²) >= 11 is 0. The number of hydrogen-bond acceptors (Lipinski definition) is 5. The van der Waals surface area contributed by atoms with Gasteiger partial charge in [0.2, 0.25) is 0 Å². The number of aryl methyl sites for hydroxylation is 1. The lowest BCUT2D eigenvalue weighted by atomic mass is 10.1. The molecule has 1 aliphatic heterocycles. The van der Waals surface area contributed by atoms with Gasteiger partial charge >= 0.3 is 0 Å². The lowest BCUT2D eigenvalue weighted by Gasteiger charge is -2.38. The van der Waals surface area contributed by atoms with Crippen molar-refractivity contribution in [3.63, 3.8) is 0 Å². The van der Waals surface area contributed by atoms with E-state index < -0.39 is 0 Å². The zero-order valence-electron chi connectivity index (χ0n) is 19.5. The Morgan fingerprint density at radius 1 is 1.06 bits per heavy atom. The lowest BCUT2D eigenvalue weighted by molar-refractivity contribution is 0.0951. The van der Waals surface area contributed by atoms with E-state index in [-0.39, 0.29) is 17.5 Å². The highest BCUT2D eigenvalue weighted by atomic mass is 16.1. The van der Waals surface area contributed by atoms with Crippen LogP contribution in [-0.4, -0.2) is 58.6 Å². The van der Waals surface area contributed by atoms with Crippen molar-refractivity contribution >= 4 is 22.5 Å². The van der Waals surface area contributed by atoms with Crippen molar-refractivity contribution in [2.75, 3.05) is 31.1 Å². The summed E-state index contributed by atoms with van der Waals surface area (Å²) in [7, 11) is 0. The van der Waals surface area contributed by atoms with E-state index in [4.69, 9.17) is 0 Å². The van der Waals surface area contributed by atoms with E-state index in [1.165, 1.54) is 0 Å². The van der Waals surface area contributed by atoms with Crippen molar-refractivity contribution in [2.24, 2.45) is 0 Å². The number of anilines is 1. The minimum Gasteiger partial charge on any atom is -0.369 e. The number of aromatic nitrogens is 2. The van der Waals surface area contributed by atoms with Crippen LogP contribution < -0.4 is 15.8 Å². The third kappa shape index (κ3) is 4.37. The molecule has 1 saturated carbocycles. The summed E-state index contributed by atoms with van der Waals surface area (Å²) in [4.78, 5) is 35.4. The van der Waals surface area contributed by atoms with Crippen LogP contribution in [0.15, 0.2) is 47.5 Å². The molecule has 172 valence electrons. The lowest BCUT2D eigenvalue weighted by Crippen LogP contribution is -2.48. The van der Waals surface area contributed by atoms with Gasteiger partial charge in [-0.2, -0.15) is 0 Å². The fourth-order valence-electron chi connectivity index (χ4n) is 4.48. The molecule has 0 atom stereocenters. The SMILES string of the molecule is Cc1ccc(C(=O)NC2CC2)cc1-n1cnc2ccc(N3CCN(C(C)C)CC3)cc2c1=O. The van der Waals surface area contributed by atoms with Gasteiger partial charge in [0.25, 0.3) is 11.5 Å². The van der Waals surface area contributed by atoms with Crippen LogP contribution in [-0.2, 0) is 0 Å². The highest BCUT2D eigenvalue weighted by Crippen LogP contribution is 2.23. The molecule has 0 bridgehead atoms. The van der Waals surface area contributed by atoms with Crippen molar-refractivity contribution in [3.05, 3.63) is 64.2 Å². The Bertz CT molecular complexity index is 1250. The van der Waals surface area contributed by atoms with Crippen LogP contribution in [0.4, 0.5) is 5.69 Å². The van der Waals surface area contributed by atoms with E-state index in [2.05, 4.69) is 40.0 Å².